The highest BCUT2D eigenvalue weighted by atomic mass is 79.9. The summed E-state index contributed by atoms with van der Waals surface area (Å²) in [5.74, 6) is -0.707. The molecule has 0 spiro atoms. The Hall–Kier alpha value is -2.82. The molecule has 1 saturated carbocycles. The first-order valence-electron chi connectivity index (χ1n) is 13.7. The molecule has 0 radical (unpaired) electrons. The Kier molecular flexibility index (Phi) is 10.5. The molecular weight excluding hydrogens is 622 g/mol. The number of carbonyl (C=O) groups is 2. The number of rotatable bonds is 11. The summed E-state index contributed by atoms with van der Waals surface area (Å²) in [6.07, 6.45) is 5.91. The Morgan fingerprint density at radius 1 is 1.02 bits per heavy atom. The second-order valence-electron chi connectivity index (χ2n) is 10.3. The zero-order valence-corrected chi connectivity index (χ0v) is 26.8. The molecule has 10 heteroatoms. The summed E-state index contributed by atoms with van der Waals surface area (Å²) in [7, 11) is -4.10. The predicted molar refractivity (Wildman–Crippen MR) is 168 cm³/mol. The molecule has 0 bridgehead atoms. The van der Waals surface area contributed by atoms with Crippen molar-refractivity contribution in [2.24, 2.45) is 0 Å². The van der Waals surface area contributed by atoms with Gasteiger partial charge >= 0.3 is 0 Å². The van der Waals surface area contributed by atoms with Crippen molar-refractivity contribution in [2.75, 3.05) is 17.1 Å². The van der Waals surface area contributed by atoms with Gasteiger partial charge in [-0.25, -0.2) is 8.42 Å². The van der Waals surface area contributed by atoms with E-state index < -0.39 is 28.5 Å². The van der Waals surface area contributed by atoms with Crippen molar-refractivity contribution in [1.29, 1.82) is 0 Å². The van der Waals surface area contributed by atoms with Crippen molar-refractivity contribution in [3.63, 3.8) is 0 Å². The van der Waals surface area contributed by atoms with Gasteiger partial charge in [0.05, 0.1) is 10.6 Å². The number of aryl methyl sites for hydroxylation is 1. The molecule has 0 heterocycles. The number of benzene rings is 3. The van der Waals surface area contributed by atoms with Gasteiger partial charge in [0.1, 0.15) is 12.6 Å². The van der Waals surface area contributed by atoms with Crippen molar-refractivity contribution in [3.8, 4) is 0 Å². The fourth-order valence-corrected chi connectivity index (χ4v) is 7.19. The first-order valence-corrected chi connectivity index (χ1v) is 17.1. The summed E-state index contributed by atoms with van der Waals surface area (Å²) in [5, 5.41) is 3.09. The van der Waals surface area contributed by atoms with E-state index in [0.29, 0.717) is 5.69 Å². The van der Waals surface area contributed by atoms with Crippen LogP contribution in [0.2, 0.25) is 0 Å². The maximum Gasteiger partial charge on any atom is 0.264 e. The number of thioether (sulfide) groups is 1. The lowest BCUT2D eigenvalue weighted by Crippen LogP contribution is -2.52. The second kappa shape index (κ2) is 13.9. The van der Waals surface area contributed by atoms with Crippen molar-refractivity contribution in [2.45, 2.75) is 68.0 Å². The minimum absolute atomic E-state index is 0.0919. The highest BCUT2D eigenvalue weighted by Gasteiger charge is 2.33. The number of nitrogens with one attached hydrogen (secondary N) is 1. The number of anilines is 1. The number of hydrogen-bond donors (Lipinski definition) is 1. The fraction of sp³-hybridized carbons (Fsp3) is 0.355. The minimum Gasteiger partial charge on any atom is -0.352 e. The molecule has 4 rings (SSSR count). The summed E-state index contributed by atoms with van der Waals surface area (Å²) in [6, 6.07) is 20.5. The van der Waals surface area contributed by atoms with Crippen LogP contribution in [0.1, 0.15) is 43.7 Å². The maximum atomic E-state index is 14.1. The minimum atomic E-state index is -4.10. The lowest BCUT2D eigenvalue weighted by Gasteiger charge is -2.32. The number of sulfonamides is 1. The molecule has 3 aromatic carbocycles. The van der Waals surface area contributed by atoms with Crippen molar-refractivity contribution >= 4 is 55.2 Å². The number of halogens is 1. The molecule has 218 valence electrons. The van der Waals surface area contributed by atoms with Crippen LogP contribution in [-0.4, -0.2) is 50.0 Å². The monoisotopic (exact) mass is 657 g/mol. The van der Waals surface area contributed by atoms with Crippen LogP contribution in [0.25, 0.3) is 0 Å². The molecule has 0 aliphatic heterocycles. The fourth-order valence-electron chi connectivity index (χ4n) is 4.92. The Labute approximate surface area is 255 Å². The Morgan fingerprint density at radius 3 is 2.29 bits per heavy atom. The largest absolute Gasteiger partial charge is 0.352 e. The zero-order chi connectivity index (χ0) is 29.6. The highest BCUT2D eigenvalue weighted by molar-refractivity contribution is 9.10. The molecule has 1 N–H and O–H groups in total. The lowest BCUT2D eigenvalue weighted by atomic mass is 10.1. The Bertz CT molecular complexity index is 1460. The third-order valence-electron chi connectivity index (χ3n) is 7.36. The average molecular weight is 659 g/mol. The van der Waals surface area contributed by atoms with E-state index in [4.69, 9.17) is 0 Å². The van der Waals surface area contributed by atoms with Gasteiger partial charge in [-0.05, 0) is 87.0 Å². The van der Waals surface area contributed by atoms with E-state index >= 15 is 0 Å². The first kappa shape index (κ1) is 31.1. The van der Waals surface area contributed by atoms with Gasteiger partial charge in [-0.3, -0.25) is 13.9 Å². The van der Waals surface area contributed by atoms with Gasteiger partial charge in [-0.15, -0.1) is 11.8 Å². The Balaban J connectivity index is 1.68. The molecule has 7 nitrogen and oxygen atoms in total. The van der Waals surface area contributed by atoms with E-state index in [1.807, 2.05) is 49.6 Å². The van der Waals surface area contributed by atoms with Crippen molar-refractivity contribution in [3.05, 3.63) is 88.4 Å². The predicted octanol–water partition coefficient (Wildman–Crippen LogP) is 6.15. The third-order valence-corrected chi connectivity index (χ3v) is 10.4. The summed E-state index contributed by atoms with van der Waals surface area (Å²) in [5.41, 5.74) is 2.17. The summed E-state index contributed by atoms with van der Waals surface area (Å²) in [6.45, 7) is 3.32. The lowest BCUT2D eigenvalue weighted by molar-refractivity contribution is -0.139. The zero-order valence-electron chi connectivity index (χ0n) is 23.5. The quantitative estimate of drug-likeness (QED) is 0.250. The third kappa shape index (κ3) is 7.93. The summed E-state index contributed by atoms with van der Waals surface area (Å²) >= 11 is 5.00. The molecule has 1 aliphatic rings. The standard InChI is InChI=1S/C31H36BrN3O4S2/c1-22-11-13-27(14-12-22)35(41(38,39)29-17-15-28(40-3)16-18-29)21-30(36)34(20-24-7-6-8-25(32)19-24)23(2)31(37)33-26-9-4-5-10-26/h6-8,11-19,23,26H,4-5,9-10,20-21H2,1-3H3,(H,33,37). The molecule has 1 fully saturated rings. The van der Waals surface area contributed by atoms with Gasteiger partial charge in [0.15, 0.2) is 0 Å². The smallest absolute Gasteiger partial charge is 0.264 e. The summed E-state index contributed by atoms with van der Waals surface area (Å²) in [4.78, 5) is 29.9. The van der Waals surface area contributed by atoms with E-state index in [0.717, 1.165) is 50.5 Å². The van der Waals surface area contributed by atoms with Gasteiger partial charge in [-0.2, -0.15) is 0 Å². The van der Waals surface area contributed by atoms with Crippen LogP contribution in [-0.2, 0) is 26.2 Å². The van der Waals surface area contributed by atoms with E-state index in [1.165, 1.54) is 16.7 Å². The summed E-state index contributed by atoms with van der Waals surface area (Å²) < 4.78 is 29.9. The molecule has 2 amide bonds. The van der Waals surface area contributed by atoms with Crippen molar-refractivity contribution in [1.82, 2.24) is 10.2 Å². The van der Waals surface area contributed by atoms with Crippen LogP contribution in [0.15, 0.2) is 87.1 Å². The normalized spacial score (nSPS) is 14.4. The van der Waals surface area contributed by atoms with Crippen molar-refractivity contribution < 1.29 is 18.0 Å². The SMILES string of the molecule is CSc1ccc(S(=O)(=O)N(CC(=O)N(Cc2cccc(Br)c2)C(C)C(=O)NC2CCCC2)c2ccc(C)cc2)cc1. The van der Waals surface area contributed by atoms with E-state index in [9.17, 15) is 18.0 Å². The van der Waals surface area contributed by atoms with Crippen LogP contribution in [0, 0.1) is 6.92 Å². The molecule has 0 saturated heterocycles. The number of carbonyl (C=O) groups excluding carboxylic acids is 2. The highest BCUT2D eigenvalue weighted by Crippen LogP contribution is 2.27. The molecule has 3 aromatic rings. The molecule has 1 unspecified atom stereocenters. The molecule has 1 atom stereocenters. The van der Waals surface area contributed by atoms with Crippen LogP contribution in [0.3, 0.4) is 0 Å². The van der Waals surface area contributed by atoms with Gasteiger partial charge in [-0.1, -0.05) is 58.6 Å². The van der Waals surface area contributed by atoms with Crippen LogP contribution >= 0.6 is 27.7 Å². The van der Waals surface area contributed by atoms with Gasteiger partial charge in [0.25, 0.3) is 10.0 Å². The molecule has 1 aliphatic carbocycles. The maximum absolute atomic E-state index is 14.1. The first-order chi connectivity index (χ1) is 19.6. The number of nitrogens with zero attached hydrogens (tertiary/aromatic N) is 2. The average Bonchev–Trinajstić information content (AvgIpc) is 3.48. The number of hydrogen-bond acceptors (Lipinski definition) is 5. The molecule has 41 heavy (non-hydrogen) atoms. The van der Waals surface area contributed by atoms with Gasteiger partial charge in [0, 0.05) is 22.0 Å². The van der Waals surface area contributed by atoms with E-state index in [1.54, 1.807) is 43.3 Å². The second-order valence-corrected chi connectivity index (χ2v) is 14.0. The van der Waals surface area contributed by atoms with Crippen LogP contribution < -0.4 is 9.62 Å². The topological polar surface area (TPSA) is 86.8 Å². The van der Waals surface area contributed by atoms with E-state index in [-0.39, 0.29) is 23.4 Å². The number of amides is 2. The Morgan fingerprint density at radius 2 is 1.68 bits per heavy atom. The van der Waals surface area contributed by atoms with E-state index in [2.05, 4.69) is 21.2 Å². The molecule has 0 aromatic heterocycles. The van der Waals surface area contributed by atoms with Crippen LogP contribution in [0.4, 0.5) is 5.69 Å². The van der Waals surface area contributed by atoms with Gasteiger partial charge in [0.2, 0.25) is 11.8 Å². The van der Waals surface area contributed by atoms with Gasteiger partial charge < -0.3 is 10.2 Å². The molecular formula is C31H36BrN3O4S2. The van der Waals surface area contributed by atoms with Crippen LogP contribution in [0.5, 0.6) is 0 Å².